The van der Waals surface area contributed by atoms with Crippen LogP contribution in [0.5, 0.6) is 0 Å². The molecule has 0 unspecified atom stereocenters. The minimum atomic E-state index is -0.807. The lowest BCUT2D eigenvalue weighted by atomic mass is 10.0. The van der Waals surface area contributed by atoms with Crippen molar-refractivity contribution >= 4 is 0 Å². The second kappa shape index (κ2) is 3.92. The summed E-state index contributed by atoms with van der Waals surface area (Å²) in [4.78, 5) is 8.34. The minimum Gasteiger partial charge on any atom is -0.382 e. The molecule has 0 bridgehead atoms. The van der Waals surface area contributed by atoms with Gasteiger partial charge in [-0.25, -0.2) is 4.98 Å². The Morgan fingerprint density at radius 3 is 2.59 bits per heavy atom. The third-order valence-electron chi connectivity index (χ3n) is 3.30. The van der Waals surface area contributed by atoms with Crippen LogP contribution in [0.1, 0.15) is 31.5 Å². The van der Waals surface area contributed by atoms with Gasteiger partial charge >= 0.3 is 0 Å². The van der Waals surface area contributed by atoms with Crippen molar-refractivity contribution in [1.29, 1.82) is 0 Å². The lowest BCUT2D eigenvalue weighted by molar-refractivity contribution is 0.0355. The predicted molar refractivity (Wildman–Crippen MR) is 62.0 cm³/mol. The van der Waals surface area contributed by atoms with Crippen molar-refractivity contribution in [2.45, 2.75) is 31.3 Å². The van der Waals surface area contributed by atoms with Crippen molar-refractivity contribution in [2.75, 3.05) is 0 Å². The fraction of sp³-hybridized carbons (Fsp3) is 0.417. The molecule has 3 rings (SSSR count). The SMILES string of the molecule is OC1(c2nc(-c3ccncc3)n[nH]2)CCCC1. The quantitative estimate of drug-likeness (QED) is 0.822. The van der Waals surface area contributed by atoms with Crippen LogP contribution in [0.15, 0.2) is 24.5 Å². The van der Waals surface area contributed by atoms with Gasteiger partial charge in [0.25, 0.3) is 0 Å². The standard InChI is InChI=1S/C12H14N4O/c17-12(5-1-2-6-12)11-14-10(15-16-11)9-3-7-13-8-4-9/h3-4,7-8,17H,1-2,5-6H2,(H,14,15,16). The minimum absolute atomic E-state index is 0.585. The van der Waals surface area contributed by atoms with E-state index in [4.69, 9.17) is 0 Å². The highest BCUT2D eigenvalue weighted by molar-refractivity contribution is 5.53. The molecule has 0 atom stereocenters. The number of nitrogens with zero attached hydrogens (tertiary/aromatic N) is 3. The van der Waals surface area contributed by atoms with Gasteiger partial charge in [0.1, 0.15) is 5.60 Å². The average Bonchev–Trinajstić information content (AvgIpc) is 2.99. The molecule has 5 heteroatoms. The van der Waals surface area contributed by atoms with E-state index < -0.39 is 5.60 Å². The van der Waals surface area contributed by atoms with Crippen LogP contribution in [0.2, 0.25) is 0 Å². The van der Waals surface area contributed by atoms with Crippen molar-refractivity contribution in [3.63, 3.8) is 0 Å². The monoisotopic (exact) mass is 230 g/mol. The van der Waals surface area contributed by atoms with Gasteiger partial charge in [-0.15, -0.1) is 0 Å². The second-order valence-electron chi connectivity index (χ2n) is 4.48. The molecule has 1 saturated carbocycles. The van der Waals surface area contributed by atoms with Crippen LogP contribution in [0, 0.1) is 0 Å². The molecule has 1 aliphatic rings. The largest absolute Gasteiger partial charge is 0.382 e. The number of aromatic amines is 1. The van der Waals surface area contributed by atoms with Gasteiger partial charge in [0.15, 0.2) is 11.6 Å². The van der Waals surface area contributed by atoms with Crippen LogP contribution in [-0.4, -0.2) is 25.3 Å². The van der Waals surface area contributed by atoms with E-state index in [9.17, 15) is 5.11 Å². The number of aromatic nitrogens is 4. The first-order chi connectivity index (χ1) is 8.28. The third kappa shape index (κ3) is 1.82. The molecule has 2 aromatic rings. The zero-order chi connectivity index (χ0) is 11.7. The van der Waals surface area contributed by atoms with E-state index in [1.807, 2.05) is 12.1 Å². The molecule has 0 aliphatic heterocycles. The van der Waals surface area contributed by atoms with Gasteiger partial charge in [0.2, 0.25) is 0 Å². The van der Waals surface area contributed by atoms with E-state index in [-0.39, 0.29) is 0 Å². The molecule has 88 valence electrons. The smallest absolute Gasteiger partial charge is 0.181 e. The Hall–Kier alpha value is -1.75. The summed E-state index contributed by atoms with van der Waals surface area (Å²) in [6.07, 6.45) is 7.02. The molecule has 0 saturated heterocycles. The summed E-state index contributed by atoms with van der Waals surface area (Å²) >= 11 is 0. The van der Waals surface area contributed by atoms with Crippen molar-refractivity contribution in [3.05, 3.63) is 30.4 Å². The van der Waals surface area contributed by atoms with Gasteiger partial charge in [-0.2, -0.15) is 5.10 Å². The van der Waals surface area contributed by atoms with E-state index in [0.717, 1.165) is 31.2 Å². The summed E-state index contributed by atoms with van der Waals surface area (Å²) in [6, 6.07) is 3.71. The maximum absolute atomic E-state index is 10.4. The van der Waals surface area contributed by atoms with Gasteiger partial charge < -0.3 is 5.11 Å². The Bertz CT molecular complexity index is 502. The summed E-state index contributed by atoms with van der Waals surface area (Å²) in [5.41, 5.74) is 0.0993. The molecule has 2 heterocycles. The molecule has 0 aromatic carbocycles. The fourth-order valence-electron chi connectivity index (χ4n) is 2.30. The normalized spacial score (nSPS) is 18.4. The van der Waals surface area contributed by atoms with Gasteiger partial charge in [-0.3, -0.25) is 10.1 Å². The Balaban J connectivity index is 1.93. The molecular formula is C12H14N4O. The molecule has 1 aliphatic carbocycles. The molecule has 0 radical (unpaired) electrons. The average molecular weight is 230 g/mol. The van der Waals surface area contributed by atoms with Gasteiger partial charge in [-0.1, -0.05) is 0 Å². The molecule has 5 nitrogen and oxygen atoms in total. The van der Waals surface area contributed by atoms with Crippen LogP contribution in [0.25, 0.3) is 11.4 Å². The lowest BCUT2D eigenvalue weighted by Crippen LogP contribution is -2.22. The molecule has 1 fully saturated rings. The van der Waals surface area contributed by atoms with E-state index in [1.165, 1.54) is 0 Å². The third-order valence-corrected chi connectivity index (χ3v) is 3.30. The van der Waals surface area contributed by atoms with E-state index in [2.05, 4.69) is 20.2 Å². The highest BCUT2D eigenvalue weighted by atomic mass is 16.3. The molecule has 2 N–H and O–H groups in total. The Labute approximate surface area is 98.9 Å². The highest BCUT2D eigenvalue weighted by Gasteiger charge is 2.36. The number of nitrogens with one attached hydrogen (secondary N) is 1. The topological polar surface area (TPSA) is 74.7 Å². The maximum Gasteiger partial charge on any atom is 0.181 e. The summed E-state index contributed by atoms with van der Waals surface area (Å²) in [5, 5.41) is 17.4. The van der Waals surface area contributed by atoms with E-state index >= 15 is 0 Å². The number of H-pyrrole nitrogens is 1. The summed E-state index contributed by atoms with van der Waals surface area (Å²) < 4.78 is 0. The van der Waals surface area contributed by atoms with Gasteiger partial charge in [0, 0.05) is 18.0 Å². The first-order valence-corrected chi connectivity index (χ1v) is 5.84. The van der Waals surface area contributed by atoms with Gasteiger partial charge in [0.05, 0.1) is 0 Å². The number of hydrogen-bond acceptors (Lipinski definition) is 4. The summed E-state index contributed by atoms with van der Waals surface area (Å²) in [5.74, 6) is 1.20. The summed E-state index contributed by atoms with van der Waals surface area (Å²) in [7, 11) is 0. The van der Waals surface area contributed by atoms with E-state index in [0.29, 0.717) is 11.6 Å². The molecular weight excluding hydrogens is 216 g/mol. The Morgan fingerprint density at radius 1 is 1.18 bits per heavy atom. The predicted octanol–water partition coefficient (Wildman–Crippen LogP) is 1.63. The zero-order valence-electron chi connectivity index (χ0n) is 9.43. The second-order valence-corrected chi connectivity index (χ2v) is 4.48. The van der Waals surface area contributed by atoms with Crippen molar-refractivity contribution in [3.8, 4) is 11.4 Å². The van der Waals surface area contributed by atoms with Crippen LogP contribution in [0.3, 0.4) is 0 Å². The van der Waals surface area contributed by atoms with Crippen LogP contribution in [0.4, 0.5) is 0 Å². The first kappa shape index (κ1) is 10.4. The molecule has 17 heavy (non-hydrogen) atoms. The Kier molecular flexibility index (Phi) is 2.40. The lowest BCUT2D eigenvalue weighted by Gasteiger charge is -2.17. The maximum atomic E-state index is 10.4. The number of aliphatic hydroxyl groups is 1. The molecule has 0 spiro atoms. The first-order valence-electron chi connectivity index (χ1n) is 5.84. The van der Waals surface area contributed by atoms with Crippen molar-refractivity contribution < 1.29 is 5.11 Å². The number of hydrogen-bond donors (Lipinski definition) is 2. The van der Waals surface area contributed by atoms with Crippen LogP contribution in [-0.2, 0) is 5.60 Å². The number of pyridine rings is 1. The fourth-order valence-corrected chi connectivity index (χ4v) is 2.30. The molecule has 2 aromatic heterocycles. The number of rotatable bonds is 2. The van der Waals surface area contributed by atoms with Crippen molar-refractivity contribution in [2.24, 2.45) is 0 Å². The van der Waals surface area contributed by atoms with Crippen LogP contribution >= 0.6 is 0 Å². The van der Waals surface area contributed by atoms with Crippen molar-refractivity contribution in [1.82, 2.24) is 20.2 Å². The van der Waals surface area contributed by atoms with Gasteiger partial charge in [-0.05, 0) is 37.8 Å². The molecule has 0 amide bonds. The summed E-state index contributed by atoms with van der Waals surface area (Å²) in [6.45, 7) is 0. The zero-order valence-corrected chi connectivity index (χ0v) is 9.43. The Morgan fingerprint density at radius 2 is 1.88 bits per heavy atom. The highest BCUT2D eigenvalue weighted by Crippen LogP contribution is 2.37. The van der Waals surface area contributed by atoms with E-state index in [1.54, 1.807) is 12.4 Å². The van der Waals surface area contributed by atoms with Crippen LogP contribution < -0.4 is 0 Å².